The molecule has 0 saturated heterocycles. The molecule has 1 atom stereocenters. The number of rotatable bonds is 5. The zero-order valence-electron chi connectivity index (χ0n) is 14.3. The molecular formula is C19H23N2O3+. The second kappa shape index (κ2) is 6.93. The van der Waals surface area contributed by atoms with Gasteiger partial charge in [-0.15, -0.1) is 0 Å². The van der Waals surface area contributed by atoms with E-state index in [4.69, 9.17) is 9.47 Å². The van der Waals surface area contributed by atoms with Gasteiger partial charge in [0.05, 0.1) is 7.05 Å². The molecule has 0 saturated carbocycles. The van der Waals surface area contributed by atoms with E-state index in [1.54, 1.807) is 0 Å². The number of amides is 1. The minimum atomic E-state index is 0.0106. The third-order valence-corrected chi connectivity index (χ3v) is 4.20. The van der Waals surface area contributed by atoms with E-state index in [0.717, 1.165) is 34.2 Å². The number of likely N-dealkylation sites (N-methyl/N-ethyl adjacent to an activating group) is 1. The van der Waals surface area contributed by atoms with Crippen LogP contribution in [-0.2, 0) is 11.3 Å². The summed E-state index contributed by atoms with van der Waals surface area (Å²) in [5, 5.41) is 2.96. The van der Waals surface area contributed by atoms with Crippen molar-refractivity contribution >= 4 is 11.6 Å². The second-order valence-electron chi connectivity index (χ2n) is 6.35. The Kier molecular flexibility index (Phi) is 4.71. The summed E-state index contributed by atoms with van der Waals surface area (Å²) in [4.78, 5) is 13.3. The first-order valence-corrected chi connectivity index (χ1v) is 8.08. The highest BCUT2D eigenvalue weighted by Crippen LogP contribution is 2.32. The predicted octanol–water partition coefficient (Wildman–Crippen LogP) is 1.69. The molecule has 1 amide bonds. The molecule has 5 nitrogen and oxygen atoms in total. The van der Waals surface area contributed by atoms with Crippen LogP contribution >= 0.6 is 0 Å². The molecule has 0 bridgehead atoms. The lowest BCUT2D eigenvalue weighted by Crippen LogP contribution is -3.08. The Labute approximate surface area is 142 Å². The highest BCUT2D eigenvalue weighted by atomic mass is 16.7. The maximum Gasteiger partial charge on any atom is 0.279 e. The summed E-state index contributed by atoms with van der Waals surface area (Å²) in [5.74, 6) is 1.57. The van der Waals surface area contributed by atoms with Crippen molar-refractivity contribution in [1.29, 1.82) is 0 Å². The molecule has 1 aliphatic rings. The Morgan fingerprint density at radius 3 is 2.67 bits per heavy atom. The normalized spacial score (nSPS) is 13.6. The summed E-state index contributed by atoms with van der Waals surface area (Å²) in [6.07, 6.45) is 0. The zero-order chi connectivity index (χ0) is 17.1. The summed E-state index contributed by atoms with van der Waals surface area (Å²) < 4.78 is 10.7. The van der Waals surface area contributed by atoms with Crippen LogP contribution in [0.25, 0.3) is 0 Å². The number of aryl methyl sites for hydroxylation is 2. The largest absolute Gasteiger partial charge is 0.454 e. The molecule has 24 heavy (non-hydrogen) atoms. The topological polar surface area (TPSA) is 52.0 Å². The minimum Gasteiger partial charge on any atom is -0.454 e. The first-order valence-electron chi connectivity index (χ1n) is 8.08. The molecule has 0 aromatic heterocycles. The molecule has 0 spiro atoms. The number of carbonyl (C=O) groups is 1. The van der Waals surface area contributed by atoms with E-state index in [2.05, 4.69) is 12.2 Å². The Morgan fingerprint density at radius 2 is 1.88 bits per heavy atom. The van der Waals surface area contributed by atoms with Crippen molar-refractivity contribution in [2.75, 3.05) is 25.7 Å². The summed E-state index contributed by atoms with van der Waals surface area (Å²) in [5.41, 5.74) is 4.36. The molecule has 3 rings (SSSR count). The summed E-state index contributed by atoms with van der Waals surface area (Å²) in [6.45, 7) is 5.53. The van der Waals surface area contributed by atoms with Crippen LogP contribution in [0.3, 0.4) is 0 Å². The third kappa shape index (κ3) is 3.86. The van der Waals surface area contributed by atoms with Crippen LogP contribution in [0, 0.1) is 13.8 Å². The van der Waals surface area contributed by atoms with Gasteiger partial charge >= 0.3 is 0 Å². The van der Waals surface area contributed by atoms with Crippen molar-refractivity contribution in [3.05, 3.63) is 53.1 Å². The molecule has 0 radical (unpaired) electrons. The fraction of sp³-hybridized carbons (Fsp3) is 0.316. The van der Waals surface area contributed by atoms with Crippen molar-refractivity contribution in [1.82, 2.24) is 0 Å². The molecule has 0 fully saturated rings. The van der Waals surface area contributed by atoms with Crippen LogP contribution in [0.5, 0.6) is 11.5 Å². The number of ether oxygens (including phenoxy) is 2. The van der Waals surface area contributed by atoms with Gasteiger partial charge in [0.15, 0.2) is 18.0 Å². The highest BCUT2D eigenvalue weighted by molar-refractivity contribution is 5.91. The van der Waals surface area contributed by atoms with E-state index in [-0.39, 0.29) is 12.7 Å². The van der Waals surface area contributed by atoms with E-state index in [1.807, 2.05) is 50.4 Å². The van der Waals surface area contributed by atoms with Gasteiger partial charge in [0.2, 0.25) is 6.79 Å². The predicted molar refractivity (Wildman–Crippen MR) is 92.6 cm³/mol. The number of hydrogen-bond donors (Lipinski definition) is 2. The van der Waals surface area contributed by atoms with E-state index in [0.29, 0.717) is 6.54 Å². The molecule has 126 valence electrons. The number of carbonyl (C=O) groups excluding carboxylic acids is 1. The van der Waals surface area contributed by atoms with Gasteiger partial charge in [0, 0.05) is 11.3 Å². The highest BCUT2D eigenvalue weighted by Gasteiger charge is 2.16. The zero-order valence-corrected chi connectivity index (χ0v) is 14.3. The van der Waals surface area contributed by atoms with E-state index >= 15 is 0 Å². The number of nitrogens with one attached hydrogen (secondary N) is 2. The standard InChI is InChI=1S/C19H22N2O3/c1-13-4-6-16(8-14(13)2)20-19(22)11-21(3)10-15-5-7-17-18(9-15)24-12-23-17/h4-9H,10-12H2,1-3H3,(H,20,22)/p+1. The number of quaternary nitrogens is 1. The van der Waals surface area contributed by atoms with Crippen molar-refractivity contribution in [3.8, 4) is 11.5 Å². The molecule has 2 N–H and O–H groups in total. The van der Waals surface area contributed by atoms with Crippen molar-refractivity contribution in [3.63, 3.8) is 0 Å². The minimum absolute atomic E-state index is 0.0106. The van der Waals surface area contributed by atoms with E-state index in [1.165, 1.54) is 11.1 Å². The SMILES string of the molecule is Cc1ccc(NC(=O)C[NH+](C)Cc2ccc3c(c2)OCO3)cc1C. The lowest BCUT2D eigenvalue weighted by Gasteiger charge is -2.14. The number of hydrogen-bond acceptors (Lipinski definition) is 3. The van der Waals surface area contributed by atoms with Gasteiger partial charge in [-0.1, -0.05) is 6.07 Å². The second-order valence-corrected chi connectivity index (χ2v) is 6.35. The number of benzene rings is 2. The van der Waals surface area contributed by atoms with Gasteiger partial charge in [-0.05, 0) is 55.3 Å². The first-order chi connectivity index (χ1) is 11.5. The van der Waals surface area contributed by atoms with Crippen molar-refractivity contribution < 1.29 is 19.2 Å². The molecular weight excluding hydrogens is 304 g/mol. The molecule has 0 aliphatic carbocycles. The maximum atomic E-state index is 12.2. The van der Waals surface area contributed by atoms with Crippen LogP contribution in [-0.4, -0.2) is 26.3 Å². The Bertz CT molecular complexity index is 758. The lowest BCUT2D eigenvalue weighted by molar-refractivity contribution is -0.885. The molecule has 5 heteroatoms. The van der Waals surface area contributed by atoms with Gasteiger partial charge in [0.1, 0.15) is 6.54 Å². The third-order valence-electron chi connectivity index (χ3n) is 4.20. The smallest absolute Gasteiger partial charge is 0.279 e. The summed E-state index contributed by atoms with van der Waals surface area (Å²) in [6, 6.07) is 11.9. The Morgan fingerprint density at radius 1 is 1.08 bits per heavy atom. The van der Waals surface area contributed by atoms with Crippen LogP contribution < -0.4 is 19.7 Å². The average Bonchev–Trinajstić information content (AvgIpc) is 2.98. The lowest BCUT2D eigenvalue weighted by atomic mass is 10.1. The van der Waals surface area contributed by atoms with Gasteiger partial charge in [-0.2, -0.15) is 0 Å². The molecule has 2 aromatic carbocycles. The van der Waals surface area contributed by atoms with Crippen LogP contribution in [0.15, 0.2) is 36.4 Å². The molecule has 1 heterocycles. The number of anilines is 1. The Balaban J connectivity index is 1.55. The van der Waals surface area contributed by atoms with Crippen LogP contribution in [0.2, 0.25) is 0 Å². The van der Waals surface area contributed by atoms with Crippen molar-refractivity contribution in [2.24, 2.45) is 0 Å². The fourth-order valence-corrected chi connectivity index (χ4v) is 2.76. The van der Waals surface area contributed by atoms with E-state index in [9.17, 15) is 4.79 Å². The Hall–Kier alpha value is -2.53. The first kappa shape index (κ1) is 16.3. The molecule has 2 aromatic rings. The van der Waals surface area contributed by atoms with Crippen molar-refractivity contribution in [2.45, 2.75) is 20.4 Å². The summed E-state index contributed by atoms with van der Waals surface area (Å²) in [7, 11) is 2.00. The monoisotopic (exact) mass is 327 g/mol. The number of fused-ring (bicyclic) bond motifs is 1. The summed E-state index contributed by atoms with van der Waals surface area (Å²) >= 11 is 0. The maximum absolute atomic E-state index is 12.2. The van der Waals surface area contributed by atoms with Gasteiger partial charge < -0.3 is 19.7 Å². The van der Waals surface area contributed by atoms with Crippen LogP contribution in [0.4, 0.5) is 5.69 Å². The van der Waals surface area contributed by atoms with E-state index < -0.39 is 0 Å². The van der Waals surface area contributed by atoms with Gasteiger partial charge in [-0.25, -0.2) is 0 Å². The van der Waals surface area contributed by atoms with Gasteiger partial charge in [0.25, 0.3) is 5.91 Å². The van der Waals surface area contributed by atoms with Crippen LogP contribution in [0.1, 0.15) is 16.7 Å². The average molecular weight is 327 g/mol. The molecule has 1 unspecified atom stereocenters. The quantitative estimate of drug-likeness (QED) is 0.879. The molecule has 1 aliphatic heterocycles. The van der Waals surface area contributed by atoms with Gasteiger partial charge in [-0.3, -0.25) is 4.79 Å². The fourth-order valence-electron chi connectivity index (χ4n) is 2.76.